The van der Waals surface area contributed by atoms with Crippen molar-refractivity contribution < 1.29 is 4.74 Å². The van der Waals surface area contributed by atoms with Gasteiger partial charge in [-0.25, -0.2) is 9.97 Å². The van der Waals surface area contributed by atoms with E-state index in [9.17, 15) is 0 Å². The number of ether oxygens (including phenoxy) is 1. The maximum atomic E-state index is 5.07. The number of anilines is 1. The number of methoxy groups -OCH3 is 1. The molecule has 1 unspecified atom stereocenters. The average molecular weight is 246 g/mol. The number of hydrogen-bond donors (Lipinski definition) is 1. The Hall–Kier alpha value is -0.680. The lowest BCUT2D eigenvalue weighted by molar-refractivity contribution is 0.128. The van der Waals surface area contributed by atoms with E-state index in [2.05, 4.69) is 31.2 Å². The Morgan fingerprint density at radius 2 is 2.15 bits per heavy atom. The van der Waals surface area contributed by atoms with Gasteiger partial charge in [0.2, 0.25) is 5.95 Å². The largest absolute Gasteiger partial charge is 0.380 e. The SMILES string of the molecule is COC(C)CNc1ncc(Br)cn1. The Morgan fingerprint density at radius 1 is 1.54 bits per heavy atom. The van der Waals surface area contributed by atoms with E-state index in [1.54, 1.807) is 19.5 Å². The van der Waals surface area contributed by atoms with Gasteiger partial charge in [0.05, 0.1) is 10.6 Å². The zero-order chi connectivity index (χ0) is 9.68. The van der Waals surface area contributed by atoms with E-state index in [1.165, 1.54) is 0 Å². The molecule has 0 radical (unpaired) electrons. The molecule has 5 heteroatoms. The predicted molar refractivity (Wildman–Crippen MR) is 54.7 cm³/mol. The number of rotatable bonds is 4. The maximum absolute atomic E-state index is 5.07. The average Bonchev–Trinajstić information content (AvgIpc) is 2.16. The number of hydrogen-bond acceptors (Lipinski definition) is 4. The summed E-state index contributed by atoms with van der Waals surface area (Å²) in [5.74, 6) is 0.618. The van der Waals surface area contributed by atoms with Crippen LogP contribution in [0.2, 0.25) is 0 Å². The second-order valence-corrected chi connectivity index (χ2v) is 3.57. The Kier molecular flexibility index (Phi) is 4.11. The highest BCUT2D eigenvalue weighted by molar-refractivity contribution is 9.10. The molecule has 0 saturated heterocycles. The quantitative estimate of drug-likeness (QED) is 0.878. The van der Waals surface area contributed by atoms with Gasteiger partial charge in [0.25, 0.3) is 0 Å². The highest BCUT2D eigenvalue weighted by Gasteiger charge is 1.99. The van der Waals surface area contributed by atoms with Gasteiger partial charge in [0.1, 0.15) is 0 Å². The standard InChI is InChI=1S/C8H12BrN3O/c1-6(13-2)3-10-8-11-4-7(9)5-12-8/h4-6H,3H2,1-2H3,(H,10,11,12). The molecule has 0 amide bonds. The van der Waals surface area contributed by atoms with Crippen LogP contribution in [0.25, 0.3) is 0 Å². The van der Waals surface area contributed by atoms with E-state index >= 15 is 0 Å². The van der Waals surface area contributed by atoms with Crippen molar-refractivity contribution in [3.05, 3.63) is 16.9 Å². The molecular formula is C8H12BrN3O. The normalized spacial score (nSPS) is 12.5. The first kappa shape index (κ1) is 10.4. The van der Waals surface area contributed by atoms with Crippen LogP contribution in [0.4, 0.5) is 5.95 Å². The Labute approximate surface area is 85.9 Å². The van der Waals surface area contributed by atoms with Crippen LogP contribution in [0.5, 0.6) is 0 Å². The van der Waals surface area contributed by atoms with Gasteiger partial charge in [-0.05, 0) is 22.9 Å². The van der Waals surface area contributed by atoms with Gasteiger partial charge in [-0.2, -0.15) is 0 Å². The highest BCUT2D eigenvalue weighted by atomic mass is 79.9. The first-order chi connectivity index (χ1) is 6.22. The molecule has 13 heavy (non-hydrogen) atoms. The Bertz CT molecular complexity index is 252. The third-order valence-electron chi connectivity index (χ3n) is 1.57. The molecule has 0 aliphatic carbocycles. The molecule has 0 aliphatic heterocycles. The fourth-order valence-corrected chi connectivity index (χ4v) is 0.927. The molecule has 1 rings (SSSR count). The zero-order valence-corrected chi connectivity index (χ0v) is 9.21. The molecule has 1 aromatic heterocycles. The molecule has 72 valence electrons. The first-order valence-electron chi connectivity index (χ1n) is 3.96. The van der Waals surface area contributed by atoms with E-state index in [1.807, 2.05) is 6.92 Å². The molecule has 4 nitrogen and oxygen atoms in total. The van der Waals surface area contributed by atoms with Crippen molar-refractivity contribution in [2.45, 2.75) is 13.0 Å². The van der Waals surface area contributed by atoms with Crippen LogP contribution >= 0.6 is 15.9 Å². The minimum absolute atomic E-state index is 0.159. The summed E-state index contributed by atoms with van der Waals surface area (Å²) in [6, 6.07) is 0. The van der Waals surface area contributed by atoms with E-state index in [-0.39, 0.29) is 6.10 Å². The van der Waals surface area contributed by atoms with Crippen LogP contribution in [-0.4, -0.2) is 29.7 Å². The molecule has 0 spiro atoms. The summed E-state index contributed by atoms with van der Waals surface area (Å²) in [6.45, 7) is 2.68. The van der Waals surface area contributed by atoms with Gasteiger partial charge in [-0.3, -0.25) is 0 Å². The van der Waals surface area contributed by atoms with Gasteiger partial charge >= 0.3 is 0 Å². The minimum Gasteiger partial charge on any atom is -0.380 e. The number of aromatic nitrogens is 2. The third kappa shape index (κ3) is 3.69. The minimum atomic E-state index is 0.159. The van der Waals surface area contributed by atoms with Gasteiger partial charge < -0.3 is 10.1 Å². The first-order valence-corrected chi connectivity index (χ1v) is 4.76. The topological polar surface area (TPSA) is 47.0 Å². The molecule has 0 aromatic carbocycles. The molecule has 0 fully saturated rings. The van der Waals surface area contributed by atoms with Gasteiger partial charge in [-0.1, -0.05) is 0 Å². The van der Waals surface area contributed by atoms with Crippen LogP contribution in [0.1, 0.15) is 6.92 Å². The van der Waals surface area contributed by atoms with Crippen molar-refractivity contribution in [2.24, 2.45) is 0 Å². The molecule has 1 atom stereocenters. The second-order valence-electron chi connectivity index (χ2n) is 2.65. The molecule has 1 heterocycles. The molecule has 1 aromatic rings. The Morgan fingerprint density at radius 3 is 2.69 bits per heavy atom. The summed E-state index contributed by atoms with van der Waals surface area (Å²) in [5, 5.41) is 3.05. The lowest BCUT2D eigenvalue weighted by Crippen LogP contribution is -2.19. The second kappa shape index (κ2) is 5.14. The lowest BCUT2D eigenvalue weighted by Gasteiger charge is -2.09. The molecule has 0 bridgehead atoms. The van der Waals surface area contributed by atoms with Crippen molar-refractivity contribution in [1.82, 2.24) is 9.97 Å². The van der Waals surface area contributed by atoms with Crippen LogP contribution in [0, 0.1) is 0 Å². The molecule has 0 saturated carbocycles. The summed E-state index contributed by atoms with van der Waals surface area (Å²) in [4.78, 5) is 8.12. The third-order valence-corrected chi connectivity index (χ3v) is 1.98. The summed E-state index contributed by atoms with van der Waals surface area (Å²) in [6.07, 6.45) is 3.56. The fraction of sp³-hybridized carbons (Fsp3) is 0.500. The lowest BCUT2D eigenvalue weighted by atomic mass is 10.4. The van der Waals surface area contributed by atoms with Crippen LogP contribution in [0.3, 0.4) is 0 Å². The summed E-state index contributed by atoms with van der Waals surface area (Å²) >= 11 is 3.26. The monoisotopic (exact) mass is 245 g/mol. The van der Waals surface area contributed by atoms with Crippen LogP contribution in [0.15, 0.2) is 16.9 Å². The van der Waals surface area contributed by atoms with Gasteiger partial charge in [-0.15, -0.1) is 0 Å². The van der Waals surface area contributed by atoms with Crippen molar-refractivity contribution in [1.29, 1.82) is 0 Å². The van der Waals surface area contributed by atoms with Crippen molar-refractivity contribution >= 4 is 21.9 Å². The van der Waals surface area contributed by atoms with E-state index in [4.69, 9.17) is 4.74 Å². The number of nitrogens with zero attached hydrogens (tertiary/aromatic N) is 2. The molecule has 0 aliphatic rings. The van der Waals surface area contributed by atoms with E-state index < -0.39 is 0 Å². The van der Waals surface area contributed by atoms with Crippen molar-refractivity contribution in [2.75, 3.05) is 19.0 Å². The van der Waals surface area contributed by atoms with Crippen LogP contribution in [-0.2, 0) is 4.74 Å². The number of nitrogens with one attached hydrogen (secondary N) is 1. The van der Waals surface area contributed by atoms with Crippen molar-refractivity contribution in [3.63, 3.8) is 0 Å². The smallest absolute Gasteiger partial charge is 0.222 e. The van der Waals surface area contributed by atoms with Gasteiger partial charge in [0, 0.05) is 26.0 Å². The van der Waals surface area contributed by atoms with Crippen molar-refractivity contribution in [3.8, 4) is 0 Å². The van der Waals surface area contributed by atoms with Gasteiger partial charge in [0.15, 0.2) is 0 Å². The highest BCUT2D eigenvalue weighted by Crippen LogP contribution is 2.06. The number of halogens is 1. The fourth-order valence-electron chi connectivity index (χ4n) is 0.722. The van der Waals surface area contributed by atoms with Crippen LogP contribution < -0.4 is 5.32 Å². The van der Waals surface area contributed by atoms with E-state index in [0.717, 1.165) is 4.47 Å². The predicted octanol–water partition coefficient (Wildman–Crippen LogP) is 1.69. The summed E-state index contributed by atoms with van der Waals surface area (Å²) < 4.78 is 5.94. The molecular weight excluding hydrogens is 234 g/mol. The molecule has 1 N–H and O–H groups in total. The summed E-state index contributed by atoms with van der Waals surface area (Å²) in [7, 11) is 1.68. The van der Waals surface area contributed by atoms with E-state index in [0.29, 0.717) is 12.5 Å². The zero-order valence-electron chi connectivity index (χ0n) is 7.62. The maximum Gasteiger partial charge on any atom is 0.222 e. The summed E-state index contributed by atoms with van der Waals surface area (Å²) in [5.41, 5.74) is 0. The Balaban J connectivity index is 2.41.